The van der Waals surface area contributed by atoms with Crippen LogP contribution in [0, 0.1) is 0 Å². The molecule has 1 amide bonds. The second kappa shape index (κ2) is 4.83. The normalized spacial score (nSPS) is 21.8. The maximum absolute atomic E-state index is 12.9. The summed E-state index contributed by atoms with van der Waals surface area (Å²) >= 11 is 9.87. The number of rotatable bonds is 0. The summed E-state index contributed by atoms with van der Waals surface area (Å²) in [5, 5.41) is 0.696. The van der Waals surface area contributed by atoms with Gasteiger partial charge in [0.1, 0.15) is 5.82 Å². The molecule has 6 heteroatoms. The SMILES string of the molecule is CN1C(=O)c2cccc(Br)c2[C@H]2C[C@@H]1c1nc3ccc(Cl)cc3n12. The van der Waals surface area contributed by atoms with E-state index in [1.807, 2.05) is 48.3 Å². The van der Waals surface area contributed by atoms with Crippen LogP contribution in [0.3, 0.4) is 0 Å². The van der Waals surface area contributed by atoms with E-state index in [-0.39, 0.29) is 18.0 Å². The van der Waals surface area contributed by atoms with Crippen LogP contribution in [0.1, 0.15) is 40.3 Å². The van der Waals surface area contributed by atoms with E-state index in [0.29, 0.717) is 5.02 Å². The average Bonchev–Trinajstić information content (AvgIpc) is 3.07. The summed E-state index contributed by atoms with van der Waals surface area (Å²) in [4.78, 5) is 19.5. The molecule has 4 nitrogen and oxygen atoms in total. The molecule has 3 aromatic rings. The van der Waals surface area contributed by atoms with Gasteiger partial charge in [-0.15, -0.1) is 0 Å². The van der Waals surface area contributed by atoms with Gasteiger partial charge in [0.05, 0.1) is 23.1 Å². The maximum Gasteiger partial charge on any atom is 0.254 e. The second-order valence-corrected chi connectivity index (χ2v) is 7.65. The highest BCUT2D eigenvalue weighted by molar-refractivity contribution is 9.10. The van der Waals surface area contributed by atoms with Crippen molar-refractivity contribution < 1.29 is 4.79 Å². The van der Waals surface area contributed by atoms with Crippen LogP contribution < -0.4 is 0 Å². The molecule has 24 heavy (non-hydrogen) atoms. The molecule has 0 aliphatic carbocycles. The average molecular weight is 403 g/mol. The Morgan fingerprint density at radius 2 is 2.08 bits per heavy atom. The molecule has 2 aromatic carbocycles. The molecule has 2 atom stereocenters. The monoisotopic (exact) mass is 401 g/mol. The summed E-state index contributed by atoms with van der Waals surface area (Å²) in [6.45, 7) is 0. The zero-order valence-electron chi connectivity index (χ0n) is 12.8. The highest BCUT2D eigenvalue weighted by atomic mass is 79.9. The summed E-state index contributed by atoms with van der Waals surface area (Å²) < 4.78 is 3.21. The van der Waals surface area contributed by atoms with Crippen molar-refractivity contribution in [3.8, 4) is 0 Å². The van der Waals surface area contributed by atoms with Crippen LogP contribution in [0.2, 0.25) is 5.02 Å². The molecule has 0 saturated carbocycles. The molecule has 2 aliphatic rings. The first-order valence-electron chi connectivity index (χ1n) is 7.79. The Labute approximate surface area is 152 Å². The quantitative estimate of drug-likeness (QED) is 0.552. The Morgan fingerprint density at radius 1 is 1.25 bits per heavy atom. The molecule has 0 saturated heterocycles. The van der Waals surface area contributed by atoms with Gasteiger partial charge in [0.2, 0.25) is 0 Å². The topological polar surface area (TPSA) is 38.1 Å². The fourth-order valence-electron chi connectivity index (χ4n) is 4.04. The molecule has 1 aromatic heterocycles. The number of imidazole rings is 1. The number of carbonyl (C=O) groups excluding carboxylic acids is 1. The Morgan fingerprint density at radius 3 is 2.92 bits per heavy atom. The highest BCUT2D eigenvalue weighted by Gasteiger charge is 2.44. The van der Waals surface area contributed by atoms with E-state index >= 15 is 0 Å². The van der Waals surface area contributed by atoms with Gasteiger partial charge in [-0.1, -0.05) is 33.6 Å². The van der Waals surface area contributed by atoms with Gasteiger partial charge in [-0.25, -0.2) is 4.98 Å². The lowest BCUT2D eigenvalue weighted by Crippen LogP contribution is -2.30. The third kappa shape index (κ3) is 1.74. The number of nitrogens with zero attached hydrogens (tertiary/aromatic N) is 3. The first-order chi connectivity index (χ1) is 11.6. The number of aromatic nitrogens is 2. The summed E-state index contributed by atoms with van der Waals surface area (Å²) in [6.07, 6.45) is 0.836. The first kappa shape index (κ1) is 14.5. The van der Waals surface area contributed by atoms with Gasteiger partial charge in [-0.3, -0.25) is 4.79 Å². The van der Waals surface area contributed by atoms with Gasteiger partial charge in [0, 0.05) is 34.1 Å². The van der Waals surface area contributed by atoms with Crippen LogP contribution in [0.25, 0.3) is 11.0 Å². The number of halogens is 2. The third-order valence-electron chi connectivity index (χ3n) is 5.14. The Hall–Kier alpha value is -1.85. The van der Waals surface area contributed by atoms with E-state index in [1.54, 1.807) is 0 Å². The Balaban J connectivity index is 1.89. The summed E-state index contributed by atoms with van der Waals surface area (Å²) in [5.74, 6) is 0.990. The second-order valence-electron chi connectivity index (χ2n) is 6.36. The van der Waals surface area contributed by atoms with E-state index in [0.717, 1.165) is 38.9 Å². The van der Waals surface area contributed by atoms with Crippen LogP contribution in [-0.4, -0.2) is 27.4 Å². The number of fused-ring (bicyclic) bond motifs is 9. The van der Waals surface area contributed by atoms with Crippen molar-refractivity contribution >= 4 is 44.5 Å². The minimum Gasteiger partial charge on any atom is -0.331 e. The largest absolute Gasteiger partial charge is 0.331 e. The summed E-state index contributed by atoms with van der Waals surface area (Å²) in [7, 11) is 1.86. The standard InChI is InChI=1S/C18H13BrClN3O/c1-22-15-8-14(16-10(18(22)24)3-2-4-11(16)19)23-13-7-9(20)5-6-12(13)21-17(15)23/h2-7,14-15H,8H2,1H3/t14-,15-/m1/s1. The van der Waals surface area contributed by atoms with E-state index < -0.39 is 0 Å². The van der Waals surface area contributed by atoms with Crippen molar-refractivity contribution in [2.45, 2.75) is 18.5 Å². The van der Waals surface area contributed by atoms with Gasteiger partial charge >= 0.3 is 0 Å². The number of hydrogen-bond acceptors (Lipinski definition) is 2. The maximum atomic E-state index is 12.9. The van der Waals surface area contributed by atoms with Crippen molar-refractivity contribution in [3.05, 3.63) is 62.8 Å². The van der Waals surface area contributed by atoms with Crippen molar-refractivity contribution in [1.29, 1.82) is 0 Å². The molecule has 0 radical (unpaired) electrons. The molecule has 2 bridgehead atoms. The Bertz CT molecular complexity index is 1030. The summed E-state index contributed by atoms with van der Waals surface area (Å²) in [5.41, 5.74) is 3.73. The van der Waals surface area contributed by atoms with Crippen molar-refractivity contribution in [2.24, 2.45) is 0 Å². The highest BCUT2D eigenvalue weighted by Crippen LogP contribution is 2.49. The molecule has 0 N–H and O–H groups in total. The number of amides is 1. The minimum atomic E-state index is -0.0204. The van der Waals surface area contributed by atoms with Crippen LogP contribution >= 0.6 is 27.5 Å². The van der Waals surface area contributed by atoms with Gasteiger partial charge in [0.15, 0.2) is 0 Å². The van der Waals surface area contributed by atoms with Crippen molar-refractivity contribution in [3.63, 3.8) is 0 Å². The zero-order valence-corrected chi connectivity index (χ0v) is 15.2. The molecule has 120 valence electrons. The smallest absolute Gasteiger partial charge is 0.254 e. The number of benzene rings is 2. The fourth-order valence-corrected chi connectivity index (χ4v) is 4.84. The van der Waals surface area contributed by atoms with Gasteiger partial charge < -0.3 is 9.47 Å². The lowest BCUT2D eigenvalue weighted by molar-refractivity contribution is 0.0734. The van der Waals surface area contributed by atoms with E-state index in [2.05, 4.69) is 20.5 Å². The fraction of sp³-hybridized carbons (Fsp3) is 0.222. The lowest BCUT2D eigenvalue weighted by atomic mass is 9.99. The molecular formula is C18H13BrClN3O. The summed E-state index contributed by atoms with van der Waals surface area (Å²) in [6, 6.07) is 11.6. The first-order valence-corrected chi connectivity index (χ1v) is 8.96. The molecule has 3 heterocycles. The third-order valence-corrected chi connectivity index (χ3v) is 6.07. The van der Waals surface area contributed by atoms with E-state index in [4.69, 9.17) is 16.6 Å². The van der Waals surface area contributed by atoms with E-state index in [1.165, 1.54) is 0 Å². The van der Waals surface area contributed by atoms with Crippen molar-refractivity contribution in [2.75, 3.05) is 7.05 Å². The van der Waals surface area contributed by atoms with Crippen LogP contribution in [0.5, 0.6) is 0 Å². The zero-order chi connectivity index (χ0) is 16.6. The van der Waals surface area contributed by atoms with E-state index in [9.17, 15) is 4.79 Å². The van der Waals surface area contributed by atoms with Crippen LogP contribution in [0.4, 0.5) is 0 Å². The van der Waals surface area contributed by atoms with Gasteiger partial charge in [-0.2, -0.15) is 0 Å². The van der Waals surface area contributed by atoms with Crippen LogP contribution in [-0.2, 0) is 0 Å². The predicted octanol–water partition coefficient (Wildman–Crippen LogP) is 4.57. The van der Waals surface area contributed by atoms with Gasteiger partial charge in [-0.05, 0) is 30.3 Å². The van der Waals surface area contributed by atoms with Gasteiger partial charge in [0.25, 0.3) is 5.91 Å². The molecule has 2 aliphatic heterocycles. The van der Waals surface area contributed by atoms with Crippen LogP contribution in [0.15, 0.2) is 40.9 Å². The van der Waals surface area contributed by atoms with Crippen molar-refractivity contribution in [1.82, 2.24) is 14.5 Å². The molecule has 0 fully saturated rings. The minimum absolute atomic E-state index is 0.0204. The molecule has 0 unspecified atom stereocenters. The molecular weight excluding hydrogens is 390 g/mol. The predicted molar refractivity (Wildman–Crippen MR) is 96.5 cm³/mol. The molecule has 5 rings (SSSR count). The number of carbonyl (C=O) groups is 1. The number of hydrogen-bond donors (Lipinski definition) is 0. The lowest BCUT2D eigenvalue weighted by Gasteiger charge is -2.24. The molecule has 0 spiro atoms. The Kier molecular flexibility index (Phi) is 2.92.